The van der Waals surface area contributed by atoms with Gasteiger partial charge in [-0.1, -0.05) is 18.2 Å². The normalized spacial score (nSPS) is 7.47. The van der Waals surface area contributed by atoms with Crippen LogP contribution in [-0.4, -0.2) is 12.6 Å². The molecule has 0 atom stereocenters. The predicted octanol–water partition coefficient (Wildman–Crippen LogP) is 2.48. The molecule has 1 aromatic rings. The average Bonchev–Trinajstić information content (AvgIpc) is 2.34. The summed E-state index contributed by atoms with van der Waals surface area (Å²) < 4.78 is 12.8. The van der Waals surface area contributed by atoms with Crippen LogP contribution in [-0.2, 0) is 19.5 Å². The van der Waals surface area contributed by atoms with Crippen molar-refractivity contribution in [3.63, 3.8) is 0 Å². The molecule has 0 aromatic heterocycles. The number of para-hydroxylation sites is 1. The van der Waals surface area contributed by atoms with E-state index in [-0.39, 0.29) is 0 Å². The van der Waals surface area contributed by atoms with Crippen molar-refractivity contribution >= 4 is 6.09 Å². The summed E-state index contributed by atoms with van der Waals surface area (Å²) in [5, 5.41) is 2.42. The van der Waals surface area contributed by atoms with E-state index in [1.165, 1.54) is 0 Å². The Morgan fingerprint density at radius 1 is 1.47 bits per heavy atom. The number of benzene rings is 1. The molecule has 5 heteroatoms. The fourth-order valence-corrected chi connectivity index (χ4v) is 0.734. The summed E-state index contributed by atoms with van der Waals surface area (Å²) in [6, 6.07) is 8.87. The molecule has 97 valence electrons. The Bertz CT molecular complexity index is 304. The molecule has 0 spiro atoms. The first kappa shape index (κ1) is 17.9. The van der Waals surface area contributed by atoms with E-state index in [1.807, 2.05) is 6.07 Å². The second-order valence-electron chi connectivity index (χ2n) is 2.48. The first-order valence-corrected chi connectivity index (χ1v) is 5.04. The van der Waals surface area contributed by atoms with Crippen LogP contribution in [0, 0.1) is 13.0 Å². The Morgan fingerprint density at radius 3 is 2.35 bits per heavy atom. The van der Waals surface area contributed by atoms with Gasteiger partial charge in [-0.05, 0) is 12.1 Å². The molecule has 1 N–H and O–H groups in total. The van der Waals surface area contributed by atoms with Crippen LogP contribution in [0.1, 0.15) is 6.92 Å². The minimum absolute atomic E-state index is 0.325. The van der Waals surface area contributed by atoms with E-state index in [4.69, 9.17) is 8.60 Å². The summed E-state index contributed by atoms with van der Waals surface area (Å²) in [5.41, 5.74) is 0. The maximum atomic E-state index is 10.8. The van der Waals surface area contributed by atoms with Crippen LogP contribution in [0.25, 0.3) is 0 Å². The van der Waals surface area contributed by atoms with Crippen LogP contribution in [0.5, 0.6) is 5.75 Å². The first-order chi connectivity index (χ1) is 8.24. The second-order valence-corrected chi connectivity index (χ2v) is 2.48. The van der Waals surface area contributed by atoms with Crippen LogP contribution < -0.4 is 10.1 Å². The van der Waals surface area contributed by atoms with E-state index in [0.29, 0.717) is 12.3 Å². The zero-order valence-electron chi connectivity index (χ0n) is 9.57. The van der Waals surface area contributed by atoms with Gasteiger partial charge in [0.2, 0.25) is 0 Å². The average molecular weight is 280 g/mol. The summed E-state index contributed by atoms with van der Waals surface area (Å²) in [7, 11) is 0. The van der Waals surface area contributed by atoms with E-state index < -0.39 is 6.09 Å². The first-order valence-electron chi connectivity index (χ1n) is 4.62. The van der Waals surface area contributed by atoms with E-state index in [0.717, 1.165) is 0 Å². The summed E-state index contributed by atoms with van der Waals surface area (Å²) in [6.07, 6.45) is 2.02. The SMILES string of the molecule is C=[C-]C.[CH2-]CNC(=O)Oc1ccccc1.[O]=[Co]. The van der Waals surface area contributed by atoms with Gasteiger partial charge in [0.25, 0.3) is 0 Å². The Kier molecular flexibility index (Phi) is 15.3. The molecular weight excluding hydrogens is 265 g/mol. The van der Waals surface area contributed by atoms with E-state index in [2.05, 4.69) is 40.6 Å². The van der Waals surface area contributed by atoms with E-state index >= 15 is 0 Å². The Hall–Kier alpha value is -1.46. The molecule has 0 saturated carbocycles. The number of ether oxygens (including phenoxy) is 1. The monoisotopic (exact) mass is 280 g/mol. The molecule has 0 aliphatic rings. The van der Waals surface area contributed by atoms with Gasteiger partial charge >= 0.3 is 25.6 Å². The van der Waals surface area contributed by atoms with Crippen molar-refractivity contribution in [2.75, 3.05) is 6.54 Å². The molecule has 0 fully saturated rings. The van der Waals surface area contributed by atoms with Gasteiger partial charge < -0.3 is 23.1 Å². The number of carbonyl (C=O) groups is 1. The van der Waals surface area contributed by atoms with Crippen molar-refractivity contribution in [1.82, 2.24) is 5.32 Å². The molecule has 1 aromatic carbocycles. The molecule has 17 heavy (non-hydrogen) atoms. The topological polar surface area (TPSA) is 55.4 Å². The second kappa shape index (κ2) is 14.5. The molecule has 0 saturated heterocycles. The molecule has 0 aliphatic heterocycles. The maximum absolute atomic E-state index is 10.8. The zero-order chi connectivity index (χ0) is 13.5. The molecule has 1 amide bonds. The van der Waals surface area contributed by atoms with E-state index in [1.54, 1.807) is 31.2 Å². The molecule has 1 rings (SSSR count). The molecule has 0 heterocycles. The van der Waals surface area contributed by atoms with Crippen LogP contribution in [0.4, 0.5) is 4.79 Å². The number of nitrogens with one attached hydrogen (secondary N) is 1. The predicted molar refractivity (Wildman–Crippen MR) is 61.1 cm³/mol. The van der Waals surface area contributed by atoms with Crippen LogP contribution in [0.2, 0.25) is 0 Å². The Morgan fingerprint density at radius 2 is 1.94 bits per heavy atom. The summed E-state index contributed by atoms with van der Waals surface area (Å²) in [4.78, 5) is 10.8. The molecule has 0 bridgehead atoms. The van der Waals surface area contributed by atoms with Gasteiger partial charge in [0.05, 0.1) is 0 Å². The van der Waals surface area contributed by atoms with Gasteiger partial charge in [0.15, 0.2) is 0 Å². The molecule has 4 nitrogen and oxygen atoms in total. The number of allylic oxidation sites excluding steroid dienone is 1. The Labute approximate surface area is 110 Å². The van der Waals surface area contributed by atoms with Crippen molar-refractivity contribution in [3.8, 4) is 5.75 Å². The van der Waals surface area contributed by atoms with Crippen molar-refractivity contribution in [1.29, 1.82) is 0 Å². The van der Waals surface area contributed by atoms with Gasteiger partial charge in [-0.25, -0.2) is 4.79 Å². The number of hydrogen-bond donors (Lipinski definition) is 1. The fourth-order valence-electron chi connectivity index (χ4n) is 0.734. The van der Waals surface area contributed by atoms with Gasteiger partial charge in [-0.2, -0.15) is 6.92 Å². The fraction of sp³-hybridized carbons (Fsp3) is 0.167. The summed E-state index contributed by atoms with van der Waals surface area (Å²) in [5.74, 6) is 0.531. The number of amides is 1. The quantitative estimate of drug-likeness (QED) is 0.847. The van der Waals surface area contributed by atoms with Gasteiger partial charge in [0, 0.05) is 0 Å². The molecular formula is C12H15CoNO3-2. The van der Waals surface area contributed by atoms with Crippen LogP contribution >= 0.6 is 0 Å². The van der Waals surface area contributed by atoms with Crippen LogP contribution in [0.15, 0.2) is 36.9 Å². The molecule has 0 unspecified atom stereocenters. The van der Waals surface area contributed by atoms with E-state index in [9.17, 15) is 4.79 Å². The van der Waals surface area contributed by atoms with Crippen molar-refractivity contribution in [2.45, 2.75) is 6.92 Å². The van der Waals surface area contributed by atoms with Crippen molar-refractivity contribution in [3.05, 3.63) is 49.9 Å². The van der Waals surface area contributed by atoms with Gasteiger partial charge in [-0.15, -0.1) is 6.54 Å². The van der Waals surface area contributed by atoms with Gasteiger partial charge in [-0.3, -0.25) is 6.58 Å². The van der Waals surface area contributed by atoms with Crippen molar-refractivity contribution < 1.29 is 29.1 Å². The number of hydrogen-bond acceptors (Lipinski definition) is 3. The van der Waals surface area contributed by atoms with Crippen molar-refractivity contribution in [2.24, 2.45) is 0 Å². The summed E-state index contributed by atoms with van der Waals surface area (Å²) in [6.45, 7) is 8.78. The van der Waals surface area contributed by atoms with Gasteiger partial charge in [0.1, 0.15) is 5.75 Å². The third-order valence-electron chi connectivity index (χ3n) is 1.22. The summed E-state index contributed by atoms with van der Waals surface area (Å²) >= 11 is 2.31. The Balaban J connectivity index is 0. The number of carbonyl (C=O) groups excluding carboxylic acids is 1. The third kappa shape index (κ3) is 12.5. The molecule has 0 radical (unpaired) electrons. The zero-order valence-corrected chi connectivity index (χ0v) is 10.6. The molecule has 0 aliphatic carbocycles. The minimum atomic E-state index is -0.476. The third-order valence-corrected chi connectivity index (χ3v) is 1.22. The van der Waals surface area contributed by atoms with Crippen LogP contribution in [0.3, 0.4) is 0 Å². The standard InChI is InChI=1S/C9H10NO2.C3H5.Co.O/c1-2-10-9(11)12-8-6-4-3-5-7-8;1-3-2;;/h3-7H,1-2H2,(H,10,11);1H2,2H3;;/q2*-1;;. The number of rotatable bonds is 2.